The highest BCUT2D eigenvalue weighted by molar-refractivity contribution is 6.31. The largest absolute Gasteiger partial charge is 0.497 e. The second kappa shape index (κ2) is 11.3. The van der Waals surface area contributed by atoms with Crippen LogP contribution in [0, 0.1) is 6.92 Å². The lowest BCUT2D eigenvalue weighted by molar-refractivity contribution is -0.118. The molecule has 0 saturated carbocycles. The van der Waals surface area contributed by atoms with Crippen LogP contribution in [0.4, 0.5) is 11.4 Å². The van der Waals surface area contributed by atoms with Crippen molar-refractivity contribution in [2.45, 2.75) is 20.4 Å². The molecule has 3 aromatic carbocycles. The molecule has 0 aliphatic heterocycles. The monoisotopic (exact) mass is 454 g/mol. The molecule has 0 aliphatic carbocycles. The molecule has 0 heterocycles. The van der Waals surface area contributed by atoms with E-state index < -0.39 is 0 Å². The summed E-state index contributed by atoms with van der Waals surface area (Å²) in [7, 11) is 1.64. The molecule has 6 nitrogen and oxygen atoms in total. The highest BCUT2D eigenvalue weighted by Gasteiger charge is 2.10. The fourth-order valence-electron chi connectivity index (χ4n) is 2.97. The highest BCUT2D eigenvalue weighted by Crippen LogP contribution is 2.29. The molecule has 2 N–H and O–H groups in total. The van der Waals surface area contributed by atoms with Gasteiger partial charge in [0.25, 0.3) is 5.91 Å². The number of ether oxygens (including phenoxy) is 3. The van der Waals surface area contributed by atoms with E-state index in [-0.39, 0.29) is 12.5 Å². The number of hydrogen-bond acceptors (Lipinski definition) is 5. The molecule has 32 heavy (non-hydrogen) atoms. The van der Waals surface area contributed by atoms with Crippen molar-refractivity contribution < 1.29 is 19.0 Å². The third-order valence-electron chi connectivity index (χ3n) is 4.71. The van der Waals surface area contributed by atoms with Gasteiger partial charge < -0.3 is 24.8 Å². The number of methoxy groups -OCH3 is 1. The van der Waals surface area contributed by atoms with E-state index >= 15 is 0 Å². The van der Waals surface area contributed by atoms with Crippen LogP contribution < -0.4 is 24.8 Å². The maximum atomic E-state index is 12.3. The van der Waals surface area contributed by atoms with Crippen LogP contribution >= 0.6 is 11.6 Å². The topological polar surface area (TPSA) is 68.8 Å². The molecule has 3 rings (SSSR count). The first kappa shape index (κ1) is 23.3. The van der Waals surface area contributed by atoms with Crippen molar-refractivity contribution in [1.82, 2.24) is 0 Å². The summed E-state index contributed by atoms with van der Waals surface area (Å²) in [5.74, 6) is 1.63. The Morgan fingerprint density at radius 3 is 2.38 bits per heavy atom. The fourth-order valence-corrected chi connectivity index (χ4v) is 3.15. The molecule has 0 aromatic heterocycles. The number of amides is 1. The number of rotatable bonds is 10. The molecule has 0 atom stereocenters. The van der Waals surface area contributed by atoms with Gasteiger partial charge in [0.05, 0.1) is 13.7 Å². The van der Waals surface area contributed by atoms with E-state index in [9.17, 15) is 4.79 Å². The number of carbonyl (C=O) groups excluding carboxylic acids is 1. The van der Waals surface area contributed by atoms with Crippen molar-refractivity contribution in [2.75, 3.05) is 31.0 Å². The van der Waals surface area contributed by atoms with Crippen LogP contribution in [-0.2, 0) is 11.3 Å². The van der Waals surface area contributed by atoms with Crippen LogP contribution in [0.1, 0.15) is 18.1 Å². The van der Waals surface area contributed by atoms with Crippen LogP contribution in [0.5, 0.6) is 17.2 Å². The van der Waals surface area contributed by atoms with Crippen molar-refractivity contribution in [2.24, 2.45) is 0 Å². The summed E-state index contributed by atoms with van der Waals surface area (Å²) in [4.78, 5) is 12.3. The number of benzene rings is 3. The van der Waals surface area contributed by atoms with E-state index in [1.807, 2.05) is 62.4 Å². The first-order chi connectivity index (χ1) is 15.5. The third kappa shape index (κ3) is 6.56. The Hall–Kier alpha value is -3.38. The molecular weight excluding hydrogens is 428 g/mol. The van der Waals surface area contributed by atoms with Crippen molar-refractivity contribution in [3.8, 4) is 17.2 Å². The van der Waals surface area contributed by atoms with Gasteiger partial charge in [-0.2, -0.15) is 0 Å². The second-order valence-corrected chi connectivity index (χ2v) is 7.50. The molecule has 0 saturated heterocycles. The number of carbonyl (C=O) groups is 1. The Morgan fingerprint density at radius 1 is 0.938 bits per heavy atom. The SMILES string of the molecule is CCOc1cc(CNc2ccc(OC)cc2)ccc1OCC(=O)Nc1ccc(C)c(Cl)c1. The molecular formula is C25H27ClN2O4. The molecule has 0 bridgehead atoms. The zero-order valence-electron chi connectivity index (χ0n) is 18.4. The molecule has 0 radical (unpaired) electrons. The molecule has 3 aromatic rings. The Balaban J connectivity index is 1.59. The molecule has 0 spiro atoms. The fraction of sp³-hybridized carbons (Fsp3) is 0.240. The standard InChI is InChI=1S/C25H27ClN2O4/c1-4-31-24-13-18(15-27-19-8-10-21(30-3)11-9-19)6-12-23(24)32-16-25(29)28-20-7-5-17(2)22(26)14-20/h5-14,27H,4,15-16H2,1-3H3,(H,28,29). The minimum absolute atomic E-state index is 0.144. The summed E-state index contributed by atoms with van der Waals surface area (Å²) in [6.07, 6.45) is 0. The molecule has 1 amide bonds. The number of anilines is 2. The summed E-state index contributed by atoms with van der Waals surface area (Å²) in [6, 6.07) is 18.7. The maximum Gasteiger partial charge on any atom is 0.262 e. The quantitative estimate of drug-likeness (QED) is 0.412. The summed E-state index contributed by atoms with van der Waals surface area (Å²) in [5, 5.41) is 6.74. The van der Waals surface area contributed by atoms with E-state index in [1.165, 1.54) is 0 Å². The molecule has 0 aliphatic rings. The van der Waals surface area contributed by atoms with E-state index in [0.29, 0.717) is 35.4 Å². The van der Waals surface area contributed by atoms with E-state index in [4.69, 9.17) is 25.8 Å². The summed E-state index contributed by atoms with van der Waals surface area (Å²) in [6.45, 7) is 4.76. The van der Waals surface area contributed by atoms with Gasteiger partial charge in [-0.1, -0.05) is 23.7 Å². The normalized spacial score (nSPS) is 10.4. The maximum absolute atomic E-state index is 12.3. The first-order valence-corrected chi connectivity index (χ1v) is 10.7. The van der Waals surface area contributed by atoms with E-state index in [2.05, 4.69) is 10.6 Å². The third-order valence-corrected chi connectivity index (χ3v) is 5.12. The summed E-state index contributed by atoms with van der Waals surface area (Å²) in [5.41, 5.74) is 3.58. The van der Waals surface area contributed by atoms with Crippen molar-refractivity contribution in [1.29, 1.82) is 0 Å². The van der Waals surface area contributed by atoms with Crippen molar-refractivity contribution >= 4 is 28.9 Å². The smallest absolute Gasteiger partial charge is 0.262 e. The molecule has 0 unspecified atom stereocenters. The Labute approximate surface area is 193 Å². The van der Waals surface area contributed by atoms with Crippen LogP contribution in [0.2, 0.25) is 5.02 Å². The number of halogens is 1. The van der Waals surface area contributed by atoms with Crippen molar-refractivity contribution in [3.05, 3.63) is 76.8 Å². The lowest BCUT2D eigenvalue weighted by Gasteiger charge is -2.14. The minimum atomic E-state index is -0.280. The highest BCUT2D eigenvalue weighted by atomic mass is 35.5. The lowest BCUT2D eigenvalue weighted by Crippen LogP contribution is -2.20. The van der Waals surface area contributed by atoms with Crippen LogP contribution in [0.25, 0.3) is 0 Å². The number of nitrogens with one attached hydrogen (secondary N) is 2. The van der Waals surface area contributed by atoms with Gasteiger partial charge in [-0.15, -0.1) is 0 Å². The number of hydrogen-bond donors (Lipinski definition) is 2. The van der Waals surface area contributed by atoms with E-state index in [0.717, 1.165) is 22.6 Å². The van der Waals surface area contributed by atoms with Gasteiger partial charge in [0.15, 0.2) is 18.1 Å². The second-order valence-electron chi connectivity index (χ2n) is 7.10. The first-order valence-electron chi connectivity index (χ1n) is 10.3. The van der Waals surface area contributed by atoms with Gasteiger partial charge in [0.1, 0.15) is 5.75 Å². The van der Waals surface area contributed by atoms with Gasteiger partial charge in [-0.3, -0.25) is 4.79 Å². The number of aryl methyl sites for hydroxylation is 1. The van der Waals surface area contributed by atoms with Crippen LogP contribution in [-0.4, -0.2) is 26.2 Å². The van der Waals surface area contributed by atoms with Crippen LogP contribution in [0.3, 0.4) is 0 Å². The summed E-state index contributed by atoms with van der Waals surface area (Å²) < 4.78 is 16.6. The van der Waals surface area contributed by atoms with Crippen molar-refractivity contribution in [3.63, 3.8) is 0 Å². The van der Waals surface area contributed by atoms with Gasteiger partial charge >= 0.3 is 0 Å². The average Bonchev–Trinajstić information content (AvgIpc) is 2.80. The van der Waals surface area contributed by atoms with Gasteiger partial charge in [-0.05, 0) is 73.5 Å². The van der Waals surface area contributed by atoms with Gasteiger partial charge in [0, 0.05) is 22.9 Å². The summed E-state index contributed by atoms with van der Waals surface area (Å²) >= 11 is 6.11. The zero-order chi connectivity index (χ0) is 22.9. The van der Waals surface area contributed by atoms with Gasteiger partial charge in [0.2, 0.25) is 0 Å². The predicted octanol–water partition coefficient (Wildman–Crippen LogP) is 5.69. The van der Waals surface area contributed by atoms with E-state index in [1.54, 1.807) is 19.2 Å². The molecule has 7 heteroatoms. The minimum Gasteiger partial charge on any atom is -0.497 e. The predicted molar refractivity (Wildman–Crippen MR) is 128 cm³/mol. The lowest BCUT2D eigenvalue weighted by atomic mass is 10.2. The Bertz CT molecular complexity index is 1050. The Kier molecular flexibility index (Phi) is 8.22. The Morgan fingerprint density at radius 2 is 1.69 bits per heavy atom. The average molecular weight is 455 g/mol. The van der Waals surface area contributed by atoms with Crippen LogP contribution in [0.15, 0.2) is 60.7 Å². The van der Waals surface area contributed by atoms with Gasteiger partial charge in [-0.25, -0.2) is 0 Å². The molecule has 168 valence electrons. The molecule has 0 fully saturated rings. The zero-order valence-corrected chi connectivity index (χ0v) is 19.2.